The van der Waals surface area contributed by atoms with Crippen LogP contribution in [0.2, 0.25) is 0 Å². The zero-order chi connectivity index (χ0) is 23.4. The Labute approximate surface area is 196 Å². The lowest BCUT2D eigenvalue weighted by molar-refractivity contribution is -0.146. The predicted molar refractivity (Wildman–Crippen MR) is 126 cm³/mol. The maximum absolute atomic E-state index is 13.5. The lowest BCUT2D eigenvalue weighted by Gasteiger charge is -2.35. The van der Waals surface area contributed by atoms with Crippen LogP contribution in [-0.2, 0) is 14.3 Å². The number of nitrogens with one attached hydrogen (secondary N) is 1. The van der Waals surface area contributed by atoms with Gasteiger partial charge in [-0.05, 0) is 69.6 Å². The maximum atomic E-state index is 13.5. The van der Waals surface area contributed by atoms with Gasteiger partial charge in [0.25, 0.3) is 0 Å². The number of allylic oxidation sites excluding steroid dienone is 3. The molecule has 1 N–H and O–H groups in total. The Kier molecular flexibility index (Phi) is 7.41. The molecule has 0 aromatic heterocycles. The molecule has 2 aliphatic carbocycles. The Hall–Kier alpha value is -2.76. The van der Waals surface area contributed by atoms with Crippen LogP contribution in [0.5, 0.6) is 11.5 Å². The fourth-order valence-corrected chi connectivity index (χ4v) is 5.18. The molecule has 1 saturated carbocycles. The van der Waals surface area contributed by atoms with Gasteiger partial charge < -0.3 is 19.5 Å². The number of ether oxygens (including phenoxy) is 3. The summed E-state index contributed by atoms with van der Waals surface area (Å²) < 4.78 is 17.4. The van der Waals surface area contributed by atoms with Gasteiger partial charge in [-0.1, -0.05) is 19.4 Å². The van der Waals surface area contributed by atoms with Crippen LogP contribution >= 0.6 is 0 Å². The first-order valence-corrected chi connectivity index (χ1v) is 12.3. The summed E-state index contributed by atoms with van der Waals surface area (Å²) in [6.07, 6.45) is 8.12. The molecule has 0 radical (unpaired) electrons. The highest BCUT2D eigenvalue weighted by molar-refractivity contribution is 6.03. The lowest BCUT2D eigenvalue weighted by Crippen LogP contribution is -2.35. The molecule has 6 heteroatoms. The third kappa shape index (κ3) is 4.94. The number of dihydropyridines is 1. The Balaban J connectivity index is 1.74. The Morgan fingerprint density at radius 1 is 1.09 bits per heavy atom. The summed E-state index contributed by atoms with van der Waals surface area (Å²) in [6, 6.07) is 5.71. The van der Waals surface area contributed by atoms with E-state index in [1.54, 1.807) is 7.11 Å². The van der Waals surface area contributed by atoms with E-state index in [0.717, 1.165) is 61.9 Å². The van der Waals surface area contributed by atoms with E-state index < -0.39 is 5.92 Å². The zero-order valence-corrected chi connectivity index (χ0v) is 20.0. The fraction of sp³-hybridized carbons (Fsp3) is 0.556. The summed E-state index contributed by atoms with van der Waals surface area (Å²) in [5.41, 5.74) is 3.74. The highest BCUT2D eigenvalue weighted by atomic mass is 16.5. The quantitative estimate of drug-likeness (QED) is 0.563. The Morgan fingerprint density at radius 2 is 1.88 bits per heavy atom. The van der Waals surface area contributed by atoms with Crippen LogP contribution in [0, 0.1) is 0 Å². The average molecular weight is 454 g/mol. The molecule has 0 saturated heterocycles. The molecule has 1 aromatic carbocycles. The number of carbonyl (C=O) groups excluding carboxylic acids is 2. The van der Waals surface area contributed by atoms with E-state index in [1.165, 1.54) is 6.42 Å². The normalized spacial score (nSPS) is 21.4. The van der Waals surface area contributed by atoms with Gasteiger partial charge in [-0.25, -0.2) is 4.79 Å². The van der Waals surface area contributed by atoms with Gasteiger partial charge in [0.1, 0.15) is 6.10 Å². The van der Waals surface area contributed by atoms with Gasteiger partial charge in [-0.15, -0.1) is 0 Å². The zero-order valence-electron chi connectivity index (χ0n) is 20.0. The van der Waals surface area contributed by atoms with Crippen LogP contribution in [0.1, 0.15) is 83.1 Å². The summed E-state index contributed by atoms with van der Waals surface area (Å²) >= 11 is 0. The SMILES string of the molecule is CCCOc1ccc(C2C(C(=O)OC3CCCCC3)=C(C)NC3=C2C(=O)CCC3)cc1OC. The first-order valence-electron chi connectivity index (χ1n) is 12.3. The van der Waals surface area contributed by atoms with E-state index in [4.69, 9.17) is 14.2 Å². The molecule has 1 unspecified atom stereocenters. The average Bonchev–Trinajstić information content (AvgIpc) is 2.82. The third-order valence-corrected chi connectivity index (χ3v) is 6.80. The second-order valence-electron chi connectivity index (χ2n) is 9.19. The molecule has 1 atom stereocenters. The first-order chi connectivity index (χ1) is 16.0. The summed E-state index contributed by atoms with van der Waals surface area (Å²) in [4.78, 5) is 26.6. The van der Waals surface area contributed by atoms with Gasteiger partial charge in [0.05, 0.1) is 19.3 Å². The summed E-state index contributed by atoms with van der Waals surface area (Å²) in [6.45, 7) is 4.55. The predicted octanol–water partition coefficient (Wildman–Crippen LogP) is 5.33. The minimum Gasteiger partial charge on any atom is -0.493 e. The lowest BCUT2D eigenvalue weighted by atomic mass is 9.75. The van der Waals surface area contributed by atoms with E-state index in [-0.39, 0.29) is 17.9 Å². The third-order valence-electron chi connectivity index (χ3n) is 6.80. The molecule has 33 heavy (non-hydrogen) atoms. The number of esters is 1. The van der Waals surface area contributed by atoms with E-state index in [9.17, 15) is 9.59 Å². The highest BCUT2D eigenvalue weighted by Crippen LogP contribution is 2.44. The van der Waals surface area contributed by atoms with E-state index >= 15 is 0 Å². The monoisotopic (exact) mass is 453 g/mol. The molecule has 0 bridgehead atoms. The second-order valence-corrected chi connectivity index (χ2v) is 9.19. The van der Waals surface area contributed by atoms with Crippen molar-refractivity contribution >= 4 is 11.8 Å². The smallest absolute Gasteiger partial charge is 0.337 e. The summed E-state index contributed by atoms with van der Waals surface area (Å²) in [5, 5.41) is 3.37. The minimum atomic E-state index is -0.473. The van der Waals surface area contributed by atoms with Crippen LogP contribution in [0.25, 0.3) is 0 Å². The van der Waals surface area contributed by atoms with Crippen LogP contribution in [0.3, 0.4) is 0 Å². The van der Waals surface area contributed by atoms with Gasteiger partial charge in [-0.2, -0.15) is 0 Å². The van der Waals surface area contributed by atoms with Gasteiger partial charge in [-0.3, -0.25) is 4.79 Å². The van der Waals surface area contributed by atoms with Crippen molar-refractivity contribution in [2.45, 2.75) is 83.7 Å². The molecule has 1 aliphatic heterocycles. The Morgan fingerprint density at radius 3 is 2.61 bits per heavy atom. The topological polar surface area (TPSA) is 73.9 Å². The number of rotatable bonds is 7. The van der Waals surface area contributed by atoms with Gasteiger partial charge in [0.2, 0.25) is 0 Å². The number of hydrogen-bond acceptors (Lipinski definition) is 6. The molecule has 1 fully saturated rings. The van der Waals surface area contributed by atoms with E-state index in [1.807, 2.05) is 25.1 Å². The van der Waals surface area contributed by atoms with Crippen LogP contribution < -0.4 is 14.8 Å². The molecular weight excluding hydrogens is 418 g/mol. The minimum absolute atomic E-state index is 0.0519. The standard InChI is InChI=1S/C27H35NO5/c1-4-15-32-22-14-13-18(16-23(22)31-3)25-24(27(30)33-19-9-6-5-7-10-19)17(2)28-20-11-8-12-21(29)26(20)25/h13-14,16,19,25,28H,4-12,15H2,1-3H3. The highest BCUT2D eigenvalue weighted by Gasteiger charge is 2.40. The fourth-order valence-electron chi connectivity index (χ4n) is 5.18. The number of carbonyl (C=O) groups is 2. The second kappa shape index (κ2) is 10.4. The molecular formula is C27H35NO5. The molecule has 6 nitrogen and oxygen atoms in total. The number of methoxy groups -OCH3 is 1. The molecule has 1 aromatic rings. The van der Waals surface area contributed by atoms with E-state index in [0.29, 0.717) is 35.7 Å². The molecule has 0 spiro atoms. The molecule has 3 aliphatic rings. The van der Waals surface area contributed by atoms with Crippen molar-refractivity contribution in [3.05, 3.63) is 46.3 Å². The molecule has 178 valence electrons. The number of benzene rings is 1. The molecule has 4 rings (SSSR count). The van der Waals surface area contributed by atoms with Crippen LogP contribution in [0.4, 0.5) is 0 Å². The molecule has 0 amide bonds. The van der Waals surface area contributed by atoms with Crippen molar-refractivity contribution in [3.8, 4) is 11.5 Å². The maximum Gasteiger partial charge on any atom is 0.337 e. The van der Waals surface area contributed by atoms with Crippen LogP contribution in [-0.4, -0.2) is 31.6 Å². The number of hydrogen-bond donors (Lipinski definition) is 1. The van der Waals surface area contributed by atoms with Crippen molar-refractivity contribution in [1.82, 2.24) is 5.32 Å². The van der Waals surface area contributed by atoms with Crippen LogP contribution in [0.15, 0.2) is 40.7 Å². The summed E-state index contributed by atoms with van der Waals surface area (Å²) in [7, 11) is 1.61. The largest absolute Gasteiger partial charge is 0.493 e. The van der Waals surface area contributed by atoms with Crippen molar-refractivity contribution in [1.29, 1.82) is 0 Å². The van der Waals surface area contributed by atoms with Gasteiger partial charge in [0.15, 0.2) is 17.3 Å². The van der Waals surface area contributed by atoms with Gasteiger partial charge in [0, 0.05) is 29.3 Å². The molecule has 1 heterocycles. The first kappa shape index (κ1) is 23.4. The van der Waals surface area contributed by atoms with Crippen molar-refractivity contribution < 1.29 is 23.8 Å². The van der Waals surface area contributed by atoms with E-state index in [2.05, 4.69) is 12.2 Å². The van der Waals surface area contributed by atoms with Crippen molar-refractivity contribution in [2.24, 2.45) is 0 Å². The van der Waals surface area contributed by atoms with Crippen molar-refractivity contribution in [3.63, 3.8) is 0 Å². The Bertz CT molecular complexity index is 971. The number of ketones is 1. The summed E-state index contributed by atoms with van der Waals surface area (Å²) in [5.74, 6) is 0.552. The van der Waals surface area contributed by atoms with Crippen molar-refractivity contribution in [2.75, 3.05) is 13.7 Å². The van der Waals surface area contributed by atoms with Gasteiger partial charge >= 0.3 is 5.97 Å². The number of Topliss-reactive ketones (excluding diaryl/α,β-unsaturated/α-hetero) is 1.